The van der Waals surface area contributed by atoms with E-state index in [4.69, 9.17) is 9.47 Å². The summed E-state index contributed by atoms with van der Waals surface area (Å²) in [7, 11) is -2.52. The van der Waals surface area contributed by atoms with Crippen LogP contribution in [0.5, 0.6) is 5.75 Å². The number of ether oxygens (including phenoxy) is 2. The van der Waals surface area contributed by atoms with Crippen LogP contribution in [0.15, 0.2) is 58.4 Å². The molecular formula is C24H27N3O6S. The number of nitrogens with one attached hydrogen (secondary N) is 2. The van der Waals surface area contributed by atoms with Crippen molar-refractivity contribution >= 4 is 32.5 Å². The zero-order chi connectivity index (χ0) is 24.3. The number of H-pyrrole nitrogens is 1. The van der Waals surface area contributed by atoms with E-state index >= 15 is 0 Å². The molecule has 0 spiro atoms. The lowest BCUT2D eigenvalue weighted by Gasteiger charge is -2.20. The summed E-state index contributed by atoms with van der Waals surface area (Å²) in [6.07, 6.45) is 3.09. The lowest BCUT2D eigenvalue weighted by Crippen LogP contribution is -2.34. The van der Waals surface area contributed by atoms with Gasteiger partial charge in [0, 0.05) is 37.3 Å². The van der Waals surface area contributed by atoms with Crippen molar-refractivity contribution in [2.75, 3.05) is 31.1 Å². The molecule has 1 aliphatic heterocycles. The van der Waals surface area contributed by atoms with Gasteiger partial charge >= 0.3 is 0 Å². The van der Waals surface area contributed by atoms with E-state index in [1.165, 1.54) is 31.4 Å². The van der Waals surface area contributed by atoms with E-state index in [0.29, 0.717) is 36.7 Å². The van der Waals surface area contributed by atoms with Crippen molar-refractivity contribution in [3.63, 3.8) is 0 Å². The van der Waals surface area contributed by atoms with Gasteiger partial charge in [0.05, 0.1) is 23.3 Å². The Hall–Kier alpha value is -3.37. The van der Waals surface area contributed by atoms with Gasteiger partial charge in [-0.05, 0) is 62.2 Å². The van der Waals surface area contributed by atoms with E-state index in [1.807, 2.05) is 6.92 Å². The van der Waals surface area contributed by atoms with Crippen molar-refractivity contribution in [1.82, 2.24) is 10.3 Å². The van der Waals surface area contributed by atoms with E-state index in [1.54, 1.807) is 24.3 Å². The molecule has 0 unspecified atom stereocenters. The summed E-state index contributed by atoms with van der Waals surface area (Å²) < 4.78 is 38.5. The van der Waals surface area contributed by atoms with Crippen LogP contribution in [0.1, 0.15) is 30.1 Å². The highest BCUT2D eigenvalue weighted by Gasteiger charge is 2.23. The van der Waals surface area contributed by atoms with Crippen LogP contribution in [-0.2, 0) is 14.8 Å². The van der Waals surface area contributed by atoms with Gasteiger partial charge in [-0.15, -0.1) is 0 Å². The highest BCUT2D eigenvalue weighted by Crippen LogP contribution is 2.25. The van der Waals surface area contributed by atoms with Crippen LogP contribution in [0, 0.1) is 0 Å². The molecule has 0 radical (unpaired) electrons. The predicted octanol–water partition coefficient (Wildman–Crippen LogP) is 2.66. The third-order valence-electron chi connectivity index (χ3n) is 5.78. The molecular weight excluding hydrogens is 458 g/mol. The maximum absolute atomic E-state index is 13.3. The Labute approximate surface area is 197 Å². The zero-order valence-electron chi connectivity index (χ0n) is 19.0. The van der Waals surface area contributed by atoms with Crippen molar-refractivity contribution in [2.45, 2.75) is 30.8 Å². The lowest BCUT2D eigenvalue weighted by molar-refractivity contribution is 0.0857. The molecule has 1 amide bonds. The number of nitrogens with zero attached hydrogens (tertiary/aromatic N) is 1. The Morgan fingerprint density at radius 2 is 2.00 bits per heavy atom. The minimum atomic E-state index is -3.96. The van der Waals surface area contributed by atoms with E-state index in [0.717, 1.165) is 17.1 Å². The first-order valence-corrected chi connectivity index (χ1v) is 12.5. The van der Waals surface area contributed by atoms with E-state index in [2.05, 4.69) is 10.3 Å². The summed E-state index contributed by atoms with van der Waals surface area (Å²) in [5.41, 5.74) is 0.252. The topological polar surface area (TPSA) is 118 Å². The van der Waals surface area contributed by atoms with Crippen LogP contribution >= 0.6 is 0 Å². The summed E-state index contributed by atoms with van der Waals surface area (Å²) in [6.45, 7) is 3.36. The number of pyridine rings is 1. The first-order valence-electron chi connectivity index (χ1n) is 11.1. The van der Waals surface area contributed by atoms with Gasteiger partial charge in [-0.3, -0.25) is 13.9 Å². The van der Waals surface area contributed by atoms with E-state index < -0.39 is 21.4 Å². The molecule has 1 atom stereocenters. The number of hydrogen-bond donors (Lipinski definition) is 2. The second kappa shape index (κ2) is 9.86. The van der Waals surface area contributed by atoms with Crippen molar-refractivity contribution in [1.29, 1.82) is 0 Å². The number of sulfonamides is 1. The summed E-state index contributed by atoms with van der Waals surface area (Å²) in [4.78, 5) is 28.5. The second-order valence-corrected chi connectivity index (χ2v) is 9.95. The van der Waals surface area contributed by atoms with Crippen molar-refractivity contribution in [2.24, 2.45) is 0 Å². The van der Waals surface area contributed by atoms with Gasteiger partial charge in [0.25, 0.3) is 15.9 Å². The van der Waals surface area contributed by atoms with Gasteiger partial charge in [0.1, 0.15) is 11.3 Å². The molecule has 0 aliphatic carbocycles. The van der Waals surface area contributed by atoms with E-state index in [-0.39, 0.29) is 21.9 Å². The number of aromatic nitrogens is 1. The normalized spacial score (nSPS) is 15.9. The number of anilines is 1. The van der Waals surface area contributed by atoms with Crippen LogP contribution in [0.25, 0.3) is 10.9 Å². The molecule has 9 nitrogen and oxygen atoms in total. The minimum absolute atomic E-state index is 0.0567. The molecule has 0 bridgehead atoms. The number of carbonyl (C=O) groups is 1. The number of rotatable bonds is 8. The maximum atomic E-state index is 13.3. The Bertz CT molecular complexity index is 1350. The highest BCUT2D eigenvalue weighted by molar-refractivity contribution is 7.92. The standard InChI is InChI=1S/C24H27N3O6S/c1-3-32-17-8-6-16(7-9-17)27(2)34(30,31)19-10-11-22-20(13-19)23(28)21(15-25-22)24(29)26-14-18-5-4-12-33-18/h6-11,13,15,18H,3-5,12,14H2,1-2H3,(H,25,28)(H,26,29)/t18-/m1/s1. The first kappa shape index (κ1) is 23.8. The highest BCUT2D eigenvalue weighted by atomic mass is 32.2. The van der Waals surface area contributed by atoms with E-state index in [9.17, 15) is 18.0 Å². The maximum Gasteiger partial charge on any atom is 0.264 e. The number of amides is 1. The average molecular weight is 486 g/mol. The van der Waals surface area contributed by atoms with Crippen molar-refractivity contribution in [3.8, 4) is 5.75 Å². The van der Waals surface area contributed by atoms with Crippen LogP contribution in [0.3, 0.4) is 0 Å². The zero-order valence-corrected chi connectivity index (χ0v) is 19.9. The first-order chi connectivity index (χ1) is 16.3. The quantitative estimate of drug-likeness (QED) is 0.507. The third-order valence-corrected chi connectivity index (χ3v) is 7.56. The Balaban J connectivity index is 1.61. The number of carbonyl (C=O) groups excluding carboxylic acids is 1. The molecule has 10 heteroatoms. The number of aromatic amines is 1. The molecule has 4 rings (SSSR count). The lowest BCUT2D eigenvalue weighted by atomic mass is 10.1. The fraction of sp³-hybridized carbons (Fsp3) is 0.333. The second-order valence-electron chi connectivity index (χ2n) is 7.98. The number of fused-ring (bicyclic) bond motifs is 1. The minimum Gasteiger partial charge on any atom is -0.494 e. The Morgan fingerprint density at radius 3 is 2.68 bits per heavy atom. The van der Waals surface area contributed by atoms with Gasteiger partial charge in [-0.25, -0.2) is 8.42 Å². The molecule has 1 aliphatic rings. The molecule has 1 aromatic heterocycles. The Kier molecular flexibility index (Phi) is 6.90. The fourth-order valence-corrected chi connectivity index (χ4v) is 5.07. The average Bonchev–Trinajstić information content (AvgIpc) is 3.36. The van der Waals surface area contributed by atoms with Gasteiger partial charge in [0.15, 0.2) is 0 Å². The van der Waals surface area contributed by atoms with Crippen LogP contribution < -0.4 is 19.8 Å². The fourth-order valence-electron chi connectivity index (χ4n) is 3.85. The van der Waals surface area contributed by atoms with Crippen LogP contribution in [0.4, 0.5) is 5.69 Å². The van der Waals surface area contributed by atoms with Gasteiger partial charge in [-0.1, -0.05) is 0 Å². The van der Waals surface area contributed by atoms with Gasteiger partial charge < -0.3 is 19.8 Å². The largest absolute Gasteiger partial charge is 0.494 e. The summed E-state index contributed by atoms with van der Waals surface area (Å²) >= 11 is 0. The molecule has 1 fully saturated rings. The van der Waals surface area contributed by atoms with Crippen LogP contribution in [0.2, 0.25) is 0 Å². The molecule has 1 saturated heterocycles. The molecule has 180 valence electrons. The SMILES string of the molecule is CCOc1ccc(N(C)S(=O)(=O)c2ccc3[nH]cc(C(=O)NC[C@H]4CCCO4)c(=O)c3c2)cc1. The van der Waals surface area contributed by atoms with Crippen LogP contribution in [-0.4, -0.2) is 52.2 Å². The van der Waals surface area contributed by atoms with Gasteiger partial charge in [-0.2, -0.15) is 0 Å². The smallest absolute Gasteiger partial charge is 0.264 e. The molecule has 2 heterocycles. The molecule has 3 aromatic rings. The summed E-state index contributed by atoms with van der Waals surface area (Å²) in [5.74, 6) is 0.109. The summed E-state index contributed by atoms with van der Waals surface area (Å²) in [5, 5.41) is 2.84. The molecule has 2 aromatic carbocycles. The molecule has 2 N–H and O–H groups in total. The Morgan fingerprint density at radius 1 is 1.24 bits per heavy atom. The monoisotopic (exact) mass is 485 g/mol. The third kappa shape index (κ3) is 4.78. The molecule has 34 heavy (non-hydrogen) atoms. The number of benzene rings is 2. The number of hydrogen-bond acceptors (Lipinski definition) is 6. The van der Waals surface area contributed by atoms with Crippen molar-refractivity contribution in [3.05, 3.63) is 64.4 Å². The predicted molar refractivity (Wildman–Crippen MR) is 129 cm³/mol. The summed E-state index contributed by atoms with van der Waals surface area (Å²) in [6, 6.07) is 10.9. The van der Waals surface area contributed by atoms with Crippen molar-refractivity contribution < 1.29 is 22.7 Å². The van der Waals surface area contributed by atoms with Gasteiger partial charge in [0.2, 0.25) is 5.43 Å². The molecule has 0 saturated carbocycles.